The van der Waals surface area contributed by atoms with Gasteiger partial charge in [0.25, 0.3) is 0 Å². The quantitative estimate of drug-likeness (QED) is 0.809. The zero-order valence-electron chi connectivity index (χ0n) is 14.6. The van der Waals surface area contributed by atoms with Gasteiger partial charge < -0.3 is 24.4 Å². The molecule has 0 aliphatic carbocycles. The SMILES string of the molecule is COc1ccccc1N1CCN(C(=O)[C@@H]2[C@@H](C(=O)O)[C@H]3C=C[C@H]2O3)CC1. The first-order valence-electron chi connectivity index (χ1n) is 8.83. The van der Waals surface area contributed by atoms with Gasteiger partial charge in [-0.25, -0.2) is 0 Å². The second-order valence-corrected chi connectivity index (χ2v) is 6.82. The number of carbonyl (C=O) groups excluding carboxylic acids is 1. The highest BCUT2D eigenvalue weighted by atomic mass is 16.5. The smallest absolute Gasteiger partial charge is 0.310 e. The summed E-state index contributed by atoms with van der Waals surface area (Å²) in [5, 5.41) is 9.49. The van der Waals surface area contributed by atoms with Crippen LogP contribution < -0.4 is 9.64 Å². The van der Waals surface area contributed by atoms with Crippen molar-refractivity contribution < 1.29 is 24.2 Å². The molecule has 3 aliphatic heterocycles. The molecule has 2 bridgehead atoms. The number of anilines is 1. The van der Waals surface area contributed by atoms with Crippen LogP contribution in [0.1, 0.15) is 0 Å². The topological polar surface area (TPSA) is 79.3 Å². The zero-order valence-corrected chi connectivity index (χ0v) is 14.6. The predicted molar refractivity (Wildman–Crippen MR) is 94.2 cm³/mol. The molecule has 26 heavy (non-hydrogen) atoms. The average Bonchev–Trinajstić information content (AvgIpc) is 3.29. The number of nitrogens with zero attached hydrogens (tertiary/aromatic N) is 2. The fraction of sp³-hybridized carbons (Fsp3) is 0.474. The maximum Gasteiger partial charge on any atom is 0.310 e. The first-order valence-corrected chi connectivity index (χ1v) is 8.83. The number of carbonyl (C=O) groups is 2. The minimum Gasteiger partial charge on any atom is -0.495 e. The lowest BCUT2D eigenvalue weighted by Crippen LogP contribution is -2.53. The van der Waals surface area contributed by atoms with Gasteiger partial charge in [-0.05, 0) is 12.1 Å². The number of carboxylic acid groups (broad SMARTS) is 1. The molecule has 7 nitrogen and oxygen atoms in total. The van der Waals surface area contributed by atoms with E-state index in [-0.39, 0.29) is 5.91 Å². The van der Waals surface area contributed by atoms with Crippen molar-refractivity contribution >= 4 is 17.6 Å². The van der Waals surface area contributed by atoms with Crippen molar-refractivity contribution in [2.45, 2.75) is 12.2 Å². The van der Waals surface area contributed by atoms with E-state index in [2.05, 4.69) is 4.90 Å². The summed E-state index contributed by atoms with van der Waals surface area (Å²) < 4.78 is 11.0. The number of hydrogen-bond acceptors (Lipinski definition) is 5. The number of aliphatic carboxylic acids is 1. The molecule has 0 unspecified atom stereocenters. The second kappa shape index (κ2) is 6.64. The first kappa shape index (κ1) is 16.9. The lowest BCUT2D eigenvalue weighted by Gasteiger charge is -2.38. The van der Waals surface area contributed by atoms with Gasteiger partial charge >= 0.3 is 5.97 Å². The third kappa shape index (κ3) is 2.72. The van der Waals surface area contributed by atoms with Crippen molar-refractivity contribution in [2.24, 2.45) is 11.8 Å². The van der Waals surface area contributed by atoms with Crippen LogP contribution in [0.5, 0.6) is 5.75 Å². The number of ether oxygens (including phenoxy) is 2. The summed E-state index contributed by atoms with van der Waals surface area (Å²) >= 11 is 0. The molecule has 7 heteroatoms. The maximum absolute atomic E-state index is 13.0. The molecule has 4 atom stereocenters. The van der Waals surface area contributed by atoms with Crippen LogP contribution in [0.25, 0.3) is 0 Å². The van der Waals surface area contributed by atoms with E-state index in [9.17, 15) is 14.7 Å². The molecule has 0 saturated carbocycles. The van der Waals surface area contributed by atoms with E-state index in [0.717, 1.165) is 11.4 Å². The number of piperazine rings is 1. The number of amides is 1. The minimum absolute atomic E-state index is 0.117. The molecule has 0 radical (unpaired) electrons. The summed E-state index contributed by atoms with van der Waals surface area (Å²) in [6, 6.07) is 7.82. The van der Waals surface area contributed by atoms with Crippen molar-refractivity contribution in [3.8, 4) is 5.75 Å². The highest BCUT2D eigenvalue weighted by molar-refractivity contribution is 5.87. The van der Waals surface area contributed by atoms with Crippen LogP contribution >= 0.6 is 0 Å². The van der Waals surface area contributed by atoms with Crippen molar-refractivity contribution in [3.05, 3.63) is 36.4 Å². The molecular formula is C19H22N2O5. The summed E-state index contributed by atoms with van der Waals surface area (Å²) in [6.07, 6.45) is 2.67. The van der Waals surface area contributed by atoms with Gasteiger partial charge in [0.15, 0.2) is 0 Å². The Morgan fingerprint density at radius 2 is 1.73 bits per heavy atom. The average molecular weight is 358 g/mol. The maximum atomic E-state index is 13.0. The van der Waals surface area contributed by atoms with Crippen molar-refractivity contribution in [3.63, 3.8) is 0 Å². The number of hydrogen-bond donors (Lipinski definition) is 1. The van der Waals surface area contributed by atoms with E-state index in [1.165, 1.54) is 0 Å². The Balaban J connectivity index is 1.44. The Labute approximate surface area is 151 Å². The van der Waals surface area contributed by atoms with Gasteiger partial charge in [-0.3, -0.25) is 9.59 Å². The summed E-state index contributed by atoms with van der Waals surface area (Å²) in [7, 11) is 1.65. The molecule has 3 heterocycles. The molecular weight excluding hydrogens is 336 g/mol. The number of methoxy groups -OCH3 is 1. The van der Waals surface area contributed by atoms with Gasteiger partial charge in [0.2, 0.25) is 5.91 Å². The molecule has 4 rings (SSSR count). The molecule has 3 aliphatic rings. The Morgan fingerprint density at radius 1 is 1.08 bits per heavy atom. The van der Waals surface area contributed by atoms with Crippen LogP contribution in [0.2, 0.25) is 0 Å². The highest BCUT2D eigenvalue weighted by Gasteiger charge is 2.54. The molecule has 1 N–H and O–H groups in total. The third-order valence-corrected chi connectivity index (χ3v) is 5.49. The Hall–Kier alpha value is -2.54. The third-order valence-electron chi connectivity index (χ3n) is 5.49. The fourth-order valence-electron chi connectivity index (χ4n) is 4.17. The van der Waals surface area contributed by atoms with E-state index in [1.54, 1.807) is 18.1 Å². The first-order chi connectivity index (χ1) is 12.6. The largest absolute Gasteiger partial charge is 0.495 e. The number of fused-ring (bicyclic) bond motifs is 2. The summed E-state index contributed by atoms with van der Waals surface area (Å²) in [5.74, 6) is -1.68. The van der Waals surface area contributed by atoms with Crippen LogP contribution in [-0.2, 0) is 14.3 Å². The van der Waals surface area contributed by atoms with E-state index < -0.39 is 30.0 Å². The molecule has 1 aromatic rings. The molecule has 138 valence electrons. The lowest BCUT2D eigenvalue weighted by atomic mass is 9.82. The van der Waals surface area contributed by atoms with Gasteiger partial charge in [0.1, 0.15) is 11.7 Å². The van der Waals surface area contributed by atoms with Gasteiger partial charge in [-0.15, -0.1) is 0 Å². The van der Waals surface area contributed by atoms with Crippen LogP contribution in [0.3, 0.4) is 0 Å². The van der Waals surface area contributed by atoms with Gasteiger partial charge in [0, 0.05) is 26.2 Å². The normalized spacial score (nSPS) is 29.9. The van der Waals surface area contributed by atoms with Gasteiger partial charge in [0.05, 0.1) is 30.9 Å². The Bertz CT molecular complexity index is 741. The molecule has 0 spiro atoms. The van der Waals surface area contributed by atoms with Crippen LogP contribution in [-0.4, -0.2) is 67.4 Å². The fourth-order valence-corrected chi connectivity index (χ4v) is 4.17. The van der Waals surface area contributed by atoms with Crippen LogP contribution in [0.15, 0.2) is 36.4 Å². The number of carboxylic acids is 1. The van der Waals surface area contributed by atoms with Crippen molar-refractivity contribution in [1.29, 1.82) is 0 Å². The minimum atomic E-state index is -0.965. The summed E-state index contributed by atoms with van der Waals surface area (Å²) in [4.78, 5) is 28.5. The monoisotopic (exact) mass is 358 g/mol. The molecule has 1 aromatic carbocycles. The van der Waals surface area contributed by atoms with Gasteiger partial charge in [-0.2, -0.15) is 0 Å². The second-order valence-electron chi connectivity index (χ2n) is 6.82. The van der Waals surface area contributed by atoms with E-state index in [1.807, 2.05) is 30.3 Å². The molecule has 1 amide bonds. The van der Waals surface area contributed by atoms with Crippen LogP contribution in [0, 0.1) is 11.8 Å². The van der Waals surface area contributed by atoms with E-state index in [4.69, 9.17) is 9.47 Å². The summed E-state index contributed by atoms with van der Waals surface area (Å²) in [6.45, 7) is 2.48. The molecule has 2 saturated heterocycles. The number of rotatable bonds is 4. The van der Waals surface area contributed by atoms with E-state index >= 15 is 0 Å². The van der Waals surface area contributed by atoms with E-state index in [0.29, 0.717) is 26.2 Å². The Morgan fingerprint density at radius 3 is 2.38 bits per heavy atom. The molecule has 0 aromatic heterocycles. The molecule has 2 fully saturated rings. The standard InChI is InChI=1S/C19H22N2O5/c1-25-13-5-3-2-4-12(13)20-8-10-21(11-9-20)18(22)16-14-6-7-15(26-14)17(16)19(23)24/h2-7,14-17H,8-11H2,1H3,(H,23,24)/t14-,15-,16+,17+/m1/s1. The van der Waals surface area contributed by atoms with Crippen LogP contribution in [0.4, 0.5) is 5.69 Å². The highest BCUT2D eigenvalue weighted by Crippen LogP contribution is 2.40. The number of para-hydroxylation sites is 2. The predicted octanol–water partition coefficient (Wildman–Crippen LogP) is 0.998. The van der Waals surface area contributed by atoms with Crippen molar-refractivity contribution in [1.82, 2.24) is 4.90 Å². The van der Waals surface area contributed by atoms with Gasteiger partial charge in [-0.1, -0.05) is 24.3 Å². The van der Waals surface area contributed by atoms with Crippen molar-refractivity contribution in [2.75, 3.05) is 38.2 Å². The summed E-state index contributed by atoms with van der Waals surface area (Å²) in [5.41, 5.74) is 1.01. The lowest BCUT2D eigenvalue weighted by molar-refractivity contribution is -0.149. The Kier molecular flexibility index (Phi) is 4.32. The zero-order chi connectivity index (χ0) is 18.3. The number of benzene rings is 1.